The molecule has 1 saturated heterocycles. The summed E-state index contributed by atoms with van der Waals surface area (Å²) in [5.74, 6) is -0.0533. The van der Waals surface area contributed by atoms with Gasteiger partial charge < -0.3 is 11.1 Å². The molecule has 2 unspecified atom stereocenters. The Kier molecular flexibility index (Phi) is 2.90. The standard InChI is InChI=1S/C9H16N2O2/c1-5(2)6-3-8(12)11-4-7(6)9(10)13/h5-7H,3-4H2,1-2H3,(H2,10,13)(H,11,12). The van der Waals surface area contributed by atoms with Crippen molar-refractivity contribution < 1.29 is 9.59 Å². The molecule has 0 radical (unpaired) electrons. The molecule has 1 heterocycles. The van der Waals surface area contributed by atoms with E-state index in [-0.39, 0.29) is 23.7 Å². The van der Waals surface area contributed by atoms with E-state index in [1.54, 1.807) is 0 Å². The summed E-state index contributed by atoms with van der Waals surface area (Å²) in [5, 5.41) is 2.66. The topological polar surface area (TPSA) is 72.2 Å². The second kappa shape index (κ2) is 3.77. The maximum absolute atomic E-state index is 11.1. The summed E-state index contributed by atoms with van der Waals surface area (Å²) in [6, 6.07) is 0. The Morgan fingerprint density at radius 3 is 2.69 bits per heavy atom. The van der Waals surface area contributed by atoms with Gasteiger partial charge in [-0.25, -0.2) is 0 Å². The predicted molar refractivity (Wildman–Crippen MR) is 48.6 cm³/mol. The van der Waals surface area contributed by atoms with Crippen LogP contribution in [0.15, 0.2) is 0 Å². The van der Waals surface area contributed by atoms with Crippen molar-refractivity contribution in [2.24, 2.45) is 23.5 Å². The Bertz CT molecular complexity index is 226. The number of hydrogen-bond acceptors (Lipinski definition) is 2. The van der Waals surface area contributed by atoms with E-state index < -0.39 is 0 Å². The summed E-state index contributed by atoms with van der Waals surface area (Å²) < 4.78 is 0. The van der Waals surface area contributed by atoms with Crippen LogP contribution in [-0.4, -0.2) is 18.4 Å². The largest absolute Gasteiger partial charge is 0.369 e. The van der Waals surface area contributed by atoms with Gasteiger partial charge in [0.25, 0.3) is 0 Å². The van der Waals surface area contributed by atoms with E-state index in [1.165, 1.54) is 0 Å². The molecule has 1 fully saturated rings. The summed E-state index contributed by atoms with van der Waals surface area (Å²) in [7, 11) is 0. The van der Waals surface area contributed by atoms with E-state index in [9.17, 15) is 9.59 Å². The van der Waals surface area contributed by atoms with Crippen LogP contribution in [0.1, 0.15) is 20.3 Å². The highest BCUT2D eigenvalue weighted by Crippen LogP contribution is 2.26. The van der Waals surface area contributed by atoms with E-state index >= 15 is 0 Å². The van der Waals surface area contributed by atoms with Crippen LogP contribution in [0.25, 0.3) is 0 Å². The lowest BCUT2D eigenvalue weighted by Crippen LogP contribution is -2.47. The number of nitrogens with one attached hydrogen (secondary N) is 1. The number of rotatable bonds is 2. The molecular formula is C9H16N2O2. The fourth-order valence-corrected chi connectivity index (χ4v) is 1.82. The minimum Gasteiger partial charge on any atom is -0.369 e. The van der Waals surface area contributed by atoms with Crippen molar-refractivity contribution >= 4 is 11.8 Å². The van der Waals surface area contributed by atoms with Gasteiger partial charge in [0.15, 0.2) is 0 Å². The molecule has 2 atom stereocenters. The van der Waals surface area contributed by atoms with Crippen LogP contribution in [0.5, 0.6) is 0 Å². The minimum atomic E-state index is -0.307. The van der Waals surface area contributed by atoms with Gasteiger partial charge in [0.1, 0.15) is 0 Å². The average molecular weight is 184 g/mol. The van der Waals surface area contributed by atoms with Crippen molar-refractivity contribution in [2.45, 2.75) is 20.3 Å². The third-order valence-corrected chi connectivity index (χ3v) is 2.68. The monoisotopic (exact) mass is 184 g/mol. The van der Waals surface area contributed by atoms with Crippen LogP contribution in [0.4, 0.5) is 0 Å². The Morgan fingerprint density at radius 1 is 1.62 bits per heavy atom. The molecule has 13 heavy (non-hydrogen) atoms. The summed E-state index contributed by atoms with van der Waals surface area (Å²) >= 11 is 0. The Balaban J connectivity index is 2.71. The molecule has 0 aromatic heterocycles. The SMILES string of the molecule is CC(C)C1CC(=O)NCC1C(N)=O. The first-order valence-electron chi connectivity index (χ1n) is 4.58. The van der Waals surface area contributed by atoms with Gasteiger partial charge >= 0.3 is 0 Å². The molecular weight excluding hydrogens is 168 g/mol. The van der Waals surface area contributed by atoms with Gasteiger partial charge in [-0.15, -0.1) is 0 Å². The van der Waals surface area contributed by atoms with Gasteiger partial charge in [-0.1, -0.05) is 13.8 Å². The minimum absolute atomic E-state index is 0.0243. The lowest BCUT2D eigenvalue weighted by atomic mass is 9.78. The molecule has 0 saturated carbocycles. The van der Waals surface area contributed by atoms with Crippen LogP contribution >= 0.6 is 0 Å². The fraction of sp³-hybridized carbons (Fsp3) is 0.778. The first-order chi connectivity index (χ1) is 6.02. The molecule has 1 rings (SSSR count). The van der Waals surface area contributed by atoms with E-state index in [1.807, 2.05) is 13.8 Å². The summed E-state index contributed by atoms with van der Waals surface area (Å²) in [5.41, 5.74) is 5.25. The van der Waals surface area contributed by atoms with Crippen LogP contribution in [0.3, 0.4) is 0 Å². The van der Waals surface area contributed by atoms with Gasteiger partial charge in [-0.3, -0.25) is 9.59 Å². The number of amides is 2. The number of carbonyl (C=O) groups excluding carboxylic acids is 2. The molecule has 0 spiro atoms. The summed E-state index contributed by atoms with van der Waals surface area (Å²) in [4.78, 5) is 22.1. The zero-order chi connectivity index (χ0) is 10.0. The molecule has 0 aliphatic carbocycles. The number of nitrogens with two attached hydrogens (primary N) is 1. The van der Waals surface area contributed by atoms with Crippen molar-refractivity contribution in [3.05, 3.63) is 0 Å². The molecule has 0 aromatic carbocycles. The first kappa shape index (κ1) is 10.0. The Hall–Kier alpha value is -1.06. The van der Waals surface area contributed by atoms with Crippen molar-refractivity contribution in [1.82, 2.24) is 5.32 Å². The van der Waals surface area contributed by atoms with Gasteiger partial charge in [0.2, 0.25) is 11.8 Å². The van der Waals surface area contributed by atoms with Crippen molar-refractivity contribution in [1.29, 1.82) is 0 Å². The molecule has 1 aliphatic rings. The molecule has 0 bridgehead atoms. The number of primary amides is 1. The third-order valence-electron chi connectivity index (χ3n) is 2.68. The lowest BCUT2D eigenvalue weighted by molar-refractivity contribution is -0.131. The second-order valence-electron chi connectivity index (χ2n) is 3.92. The highest BCUT2D eigenvalue weighted by molar-refractivity contribution is 5.83. The molecule has 0 aromatic rings. The number of hydrogen-bond donors (Lipinski definition) is 2. The lowest BCUT2D eigenvalue weighted by Gasteiger charge is -2.31. The molecule has 74 valence electrons. The van der Waals surface area contributed by atoms with E-state index in [0.29, 0.717) is 18.9 Å². The van der Waals surface area contributed by atoms with E-state index in [2.05, 4.69) is 5.32 Å². The molecule has 4 heteroatoms. The van der Waals surface area contributed by atoms with Gasteiger partial charge in [0.05, 0.1) is 5.92 Å². The fourth-order valence-electron chi connectivity index (χ4n) is 1.82. The maximum Gasteiger partial charge on any atom is 0.222 e. The number of carbonyl (C=O) groups is 2. The quantitative estimate of drug-likeness (QED) is 0.628. The molecule has 2 amide bonds. The number of piperidine rings is 1. The summed E-state index contributed by atoms with van der Waals surface area (Å²) in [6.07, 6.45) is 0.422. The van der Waals surface area contributed by atoms with E-state index in [4.69, 9.17) is 5.73 Å². The average Bonchev–Trinajstić information content (AvgIpc) is 2.03. The zero-order valence-corrected chi connectivity index (χ0v) is 8.04. The van der Waals surface area contributed by atoms with E-state index in [0.717, 1.165) is 0 Å². The summed E-state index contributed by atoms with van der Waals surface area (Å²) in [6.45, 7) is 4.43. The predicted octanol–water partition coefficient (Wildman–Crippen LogP) is -0.120. The molecule has 3 N–H and O–H groups in total. The Morgan fingerprint density at radius 2 is 2.23 bits per heavy atom. The smallest absolute Gasteiger partial charge is 0.222 e. The van der Waals surface area contributed by atoms with Gasteiger partial charge in [-0.05, 0) is 11.8 Å². The highest BCUT2D eigenvalue weighted by atomic mass is 16.2. The van der Waals surface area contributed by atoms with Gasteiger partial charge in [0, 0.05) is 13.0 Å². The molecule has 4 nitrogen and oxygen atoms in total. The maximum atomic E-state index is 11.1. The zero-order valence-electron chi connectivity index (χ0n) is 8.04. The second-order valence-corrected chi connectivity index (χ2v) is 3.92. The Labute approximate surface area is 77.9 Å². The highest BCUT2D eigenvalue weighted by Gasteiger charge is 2.34. The normalized spacial score (nSPS) is 28.7. The van der Waals surface area contributed by atoms with Crippen molar-refractivity contribution in [3.8, 4) is 0 Å². The first-order valence-corrected chi connectivity index (χ1v) is 4.58. The van der Waals surface area contributed by atoms with Gasteiger partial charge in [-0.2, -0.15) is 0 Å². The molecule has 1 aliphatic heterocycles. The van der Waals surface area contributed by atoms with Crippen LogP contribution in [-0.2, 0) is 9.59 Å². The van der Waals surface area contributed by atoms with Crippen LogP contribution in [0, 0.1) is 17.8 Å². The van der Waals surface area contributed by atoms with Crippen LogP contribution < -0.4 is 11.1 Å². The van der Waals surface area contributed by atoms with Crippen LogP contribution in [0.2, 0.25) is 0 Å². The van der Waals surface area contributed by atoms with Crippen molar-refractivity contribution in [2.75, 3.05) is 6.54 Å². The third kappa shape index (κ3) is 2.20. The van der Waals surface area contributed by atoms with Crippen molar-refractivity contribution in [3.63, 3.8) is 0 Å².